The molecule has 0 saturated carbocycles. The van der Waals surface area contributed by atoms with Crippen LogP contribution in [0.2, 0.25) is 0 Å². The minimum absolute atomic E-state index is 0.187. The molecule has 1 aromatic carbocycles. The van der Waals surface area contributed by atoms with Gasteiger partial charge in [-0.1, -0.05) is 31.0 Å². The number of carbonyl (C=O) groups is 1. The molecule has 0 atom stereocenters. The van der Waals surface area contributed by atoms with Crippen LogP contribution in [0.1, 0.15) is 37.7 Å². The van der Waals surface area contributed by atoms with Gasteiger partial charge in [-0.15, -0.1) is 0 Å². The van der Waals surface area contributed by atoms with E-state index in [2.05, 4.69) is 10.2 Å². The van der Waals surface area contributed by atoms with Crippen LogP contribution in [0.3, 0.4) is 0 Å². The van der Waals surface area contributed by atoms with E-state index >= 15 is 0 Å². The van der Waals surface area contributed by atoms with E-state index in [1.807, 2.05) is 19.1 Å². The number of aryl methyl sites for hydroxylation is 1. The van der Waals surface area contributed by atoms with Crippen molar-refractivity contribution in [3.8, 4) is 0 Å². The van der Waals surface area contributed by atoms with Gasteiger partial charge in [-0.05, 0) is 57.5 Å². The van der Waals surface area contributed by atoms with E-state index < -0.39 is 10.0 Å². The molecule has 1 fully saturated rings. The molecule has 1 N–H and O–H groups in total. The normalized spacial score (nSPS) is 16.1. The topological polar surface area (TPSA) is 69.7 Å². The molecule has 1 amide bonds. The van der Waals surface area contributed by atoms with Crippen LogP contribution in [-0.2, 0) is 14.8 Å². The number of amides is 1. The maximum absolute atomic E-state index is 12.3. The molecule has 0 radical (unpaired) electrons. The van der Waals surface area contributed by atoms with E-state index in [0.717, 1.165) is 37.9 Å². The number of nitrogens with zero attached hydrogens (tertiary/aromatic N) is 2. The molecule has 0 spiro atoms. The largest absolute Gasteiger partial charge is 0.354 e. The van der Waals surface area contributed by atoms with Crippen LogP contribution in [0, 0.1) is 6.92 Å². The van der Waals surface area contributed by atoms with Crippen molar-refractivity contribution in [3.63, 3.8) is 0 Å². The van der Waals surface area contributed by atoms with Crippen LogP contribution in [-0.4, -0.2) is 58.2 Å². The number of likely N-dealkylation sites (tertiary alicyclic amines) is 1. The predicted octanol–water partition coefficient (Wildman–Crippen LogP) is 2.14. The number of benzene rings is 1. The number of carbonyl (C=O) groups excluding carboxylic acids is 1. The van der Waals surface area contributed by atoms with E-state index in [1.165, 1.54) is 30.0 Å². The summed E-state index contributed by atoms with van der Waals surface area (Å²) in [6, 6.07) is 7.19. The summed E-state index contributed by atoms with van der Waals surface area (Å²) in [7, 11) is -3.52. The smallest absolute Gasteiger partial charge is 0.240 e. The minimum Gasteiger partial charge on any atom is -0.354 e. The monoisotopic (exact) mass is 381 g/mol. The molecular weight excluding hydrogens is 350 g/mol. The average Bonchev–Trinajstić information content (AvgIpc) is 2.85. The van der Waals surface area contributed by atoms with Crippen molar-refractivity contribution >= 4 is 21.6 Å². The van der Waals surface area contributed by atoms with Crippen LogP contribution in [0.15, 0.2) is 24.3 Å². The molecule has 26 heavy (non-hydrogen) atoms. The first kappa shape index (κ1) is 20.7. The van der Waals surface area contributed by atoms with Gasteiger partial charge in [-0.3, -0.25) is 9.10 Å². The highest BCUT2D eigenvalue weighted by atomic mass is 32.2. The summed E-state index contributed by atoms with van der Waals surface area (Å²) in [5.74, 6) is -0.269. The van der Waals surface area contributed by atoms with E-state index in [1.54, 1.807) is 12.1 Å². The molecule has 146 valence electrons. The average molecular weight is 382 g/mol. The number of hydrogen-bond acceptors (Lipinski definition) is 4. The Morgan fingerprint density at radius 2 is 1.81 bits per heavy atom. The van der Waals surface area contributed by atoms with Crippen LogP contribution >= 0.6 is 0 Å². The lowest BCUT2D eigenvalue weighted by atomic mass is 10.2. The Morgan fingerprint density at radius 1 is 1.15 bits per heavy atom. The number of para-hydroxylation sites is 1. The third-order valence-electron chi connectivity index (χ3n) is 4.74. The second kappa shape index (κ2) is 9.92. The molecule has 1 saturated heterocycles. The van der Waals surface area contributed by atoms with Crippen LogP contribution < -0.4 is 9.62 Å². The summed E-state index contributed by atoms with van der Waals surface area (Å²) in [6.07, 6.45) is 7.15. The molecule has 2 rings (SSSR count). The van der Waals surface area contributed by atoms with Gasteiger partial charge < -0.3 is 10.2 Å². The zero-order valence-corrected chi connectivity index (χ0v) is 16.7. The van der Waals surface area contributed by atoms with Crippen LogP contribution in [0.5, 0.6) is 0 Å². The molecule has 7 heteroatoms. The van der Waals surface area contributed by atoms with Crippen molar-refractivity contribution < 1.29 is 13.2 Å². The van der Waals surface area contributed by atoms with Gasteiger partial charge in [0.25, 0.3) is 0 Å². The Balaban J connectivity index is 1.83. The summed E-state index contributed by atoms with van der Waals surface area (Å²) in [5, 5.41) is 2.86. The Kier molecular flexibility index (Phi) is 7.90. The van der Waals surface area contributed by atoms with Gasteiger partial charge >= 0.3 is 0 Å². The number of rotatable bonds is 8. The fourth-order valence-electron chi connectivity index (χ4n) is 3.30. The predicted molar refractivity (Wildman–Crippen MR) is 106 cm³/mol. The summed E-state index contributed by atoms with van der Waals surface area (Å²) < 4.78 is 25.4. The third-order valence-corrected chi connectivity index (χ3v) is 5.87. The number of sulfonamides is 1. The van der Waals surface area contributed by atoms with E-state index in [9.17, 15) is 13.2 Å². The van der Waals surface area contributed by atoms with Crippen molar-refractivity contribution in [1.82, 2.24) is 10.2 Å². The minimum atomic E-state index is -3.52. The zero-order valence-electron chi connectivity index (χ0n) is 15.9. The zero-order chi connectivity index (χ0) is 19.0. The standard InChI is InChI=1S/C19H31N3O3S/c1-17-10-5-6-11-18(17)22(26(2,24)25)16-19(23)20-12-9-15-21-13-7-3-4-8-14-21/h5-6,10-11H,3-4,7-9,12-16H2,1-2H3,(H,20,23). The maximum atomic E-state index is 12.3. The summed E-state index contributed by atoms with van der Waals surface area (Å²) in [6.45, 7) is 5.49. The molecule has 6 nitrogen and oxygen atoms in total. The molecule has 1 aromatic rings. The van der Waals surface area contributed by atoms with Crippen molar-refractivity contribution in [3.05, 3.63) is 29.8 Å². The van der Waals surface area contributed by atoms with Gasteiger partial charge in [-0.25, -0.2) is 8.42 Å². The molecular formula is C19H31N3O3S. The van der Waals surface area contributed by atoms with Crippen LogP contribution in [0.25, 0.3) is 0 Å². The number of nitrogens with one attached hydrogen (secondary N) is 1. The van der Waals surface area contributed by atoms with Crippen molar-refractivity contribution in [2.24, 2.45) is 0 Å². The van der Waals surface area contributed by atoms with Crippen molar-refractivity contribution in [2.75, 3.05) is 43.3 Å². The molecule has 0 unspecified atom stereocenters. The second-order valence-electron chi connectivity index (χ2n) is 7.02. The summed E-state index contributed by atoms with van der Waals surface area (Å²) in [5.41, 5.74) is 1.38. The fraction of sp³-hybridized carbons (Fsp3) is 0.632. The van der Waals surface area contributed by atoms with Gasteiger partial charge in [0.2, 0.25) is 15.9 Å². The highest BCUT2D eigenvalue weighted by Gasteiger charge is 2.21. The Bertz CT molecular complexity index is 683. The van der Waals surface area contributed by atoms with Crippen molar-refractivity contribution in [1.29, 1.82) is 0 Å². The SMILES string of the molecule is Cc1ccccc1N(CC(=O)NCCCN1CCCCCC1)S(C)(=O)=O. The highest BCUT2D eigenvalue weighted by molar-refractivity contribution is 7.92. The highest BCUT2D eigenvalue weighted by Crippen LogP contribution is 2.21. The van der Waals surface area contributed by atoms with E-state index in [0.29, 0.717) is 12.2 Å². The van der Waals surface area contributed by atoms with Gasteiger partial charge in [-0.2, -0.15) is 0 Å². The first-order valence-corrected chi connectivity index (χ1v) is 11.2. The second-order valence-corrected chi connectivity index (χ2v) is 8.92. The van der Waals surface area contributed by atoms with Crippen molar-refractivity contribution in [2.45, 2.75) is 39.0 Å². The van der Waals surface area contributed by atoms with Gasteiger partial charge in [0.05, 0.1) is 11.9 Å². The molecule has 0 aliphatic carbocycles. The third kappa shape index (κ3) is 6.61. The number of hydrogen-bond donors (Lipinski definition) is 1. The molecule has 1 heterocycles. The molecule has 1 aliphatic heterocycles. The summed E-state index contributed by atoms with van der Waals surface area (Å²) in [4.78, 5) is 14.7. The van der Waals surface area contributed by atoms with Crippen LogP contribution in [0.4, 0.5) is 5.69 Å². The summed E-state index contributed by atoms with van der Waals surface area (Å²) >= 11 is 0. The Hall–Kier alpha value is -1.60. The van der Waals surface area contributed by atoms with E-state index in [4.69, 9.17) is 0 Å². The molecule has 1 aliphatic rings. The van der Waals surface area contributed by atoms with E-state index in [-0.39, 0.29) is 12.5 Å². The molecule has 0 aromatic heterocycles. The fourth-order valence-corrected chi connectivity index (χ4v) is 4.21. The van der Waals surface area contributed by atoms with Gasteiger partial charge in [0.15, 0.2) is 0 Å². The maximum Gasteiger partial charge on any atom is 0.240 e. The first-order chi connectivity index (χ1) is 12.4. The lowest BCUT2D eigenvalue weighted by molar-refractivity contribution is -0.119. The lowest BCUT2D eigenvalue weighted by Gasteiger charge is -2.24. The van der Waals surface area contributed by atoms with Gasteiger partial charge in [0, 0.05) is 6.54 Å². The number of anilines is 1. The molecule has 0 bridgehead atoms. The quantitative estimate of drug-likeness (QED) is 0.701. The Morgan fingerprint density at radius 3 is 2.42 bits per heavy atom. The lowest BCUT2D eigenvalue weighted by Crippen LogP contribution is -2.41. The Labute approximate surface area is 157 Å². The first-order valence-electron chi connectivity index (χ1n) is 9.40. The van der Waals surface area contributed by atoms with Gasteiger partial charge in [0.1, 0.15) is 6.54 Å².